The van der Waals surface area contributed by atoms with Gasteiger partial charge in [-0.2, -0.15) is 0 Å². The molecule has 3 nitrogen and oxygen atoms in total. The predicted molar refractivity (Wildman–Crippen MR) is 69.0 cm³/mol. The Morgan fingerprint density at radius 3 is 1.59 bits per heavy atom. The Bertz CT molecular complexity index is 220. The fourth-order valence-electron chi connectivity index (χ4n) is 2.20. The number of carbonyl (C=O) groups excluding carboxylic acids is 1. The quantitative estimate of drug-likeness (QED) is 0.468. The lowest BCUT2D eigenvalue weighted by Crippen LogP contribution is -2.38. The monoisotopic (exact) mass is 242 g/mol. The van der Waals surface area contributed by atoms with Crippen molar-refractivity contribution < 1.29 is 14.7 Å². The van der Waals surface area contributed by atoms with Crippen molar-refractivity contribution in [2.75, 3.05) is 0 Å². The van der Waals surface area contributed by atoms with Gasteiger partial charge in [0.15, 0.2) is 0 Å². The number of rotatable bonds is 10. The molecule has 0 fully saturated rings. The van der Waals surface area contributed by atoms with Crippen molar-refractivity contribution in [2.45, 2.75) is 72.1 Å². The molecule has 0 aliphatic carbocycles. The van der Waals surface area contributed by atoms with Crippen molar-refractivity contribution in [3.8, 4) is 0 Å². The first-order valence-electron chi connectivity index (χ1n) is 6.75. The van der Waals surface area contributed by atoms with Gasteiger partial charge in [-0.1, -0.05) is 52.4 Å². The van der Waals surface area contributed by atoms with E-state index in [9.17, 15) is 14.7 Å². The predicted octanol–water partition coefficient (Wildman–Crippen LogP) is 3.81. The van der Waals surface area contributed by atoms with Crippen molar-refractivity contribution in [1.29, 1.82) is 0 Å². The number of aliphatic carboxylic acids is 1. The van der Waals surface area contributed by atoms with Gasteiger partial charge >= 0.3 is 5.97 Å². The second-order valence-corrected chi connectivity index (χ2v) is 4.86. The topological polar surface area (TPSA) is 54.4 Å². The number of carboxylic acid groups (broad SMARTS) is 1. The normalized spacial score (nSPS) is 11.5. The van der Waals surface area contributed by atoms with E-state index in [1.165, 1.54) is 6.92 Å². The molecule has 0 saturated heterocycles. The molecule has 0 aliphatic heterocycles. The van der Waals surface area contributed by atoms with Crippen LogP contribution in [0.15, 0.2) is 0 Å². The van der Waals surface area contributed by atoms with Crippen molar-refractivity contribution in [3.63, 3.8) is 0 Å². The molecule has 0 saturated carbocycles. The number of carboxylic acids is 1. The molecule has 0 aliphatic rings. The van der Waals surface area contributed by atoms with Crippen LogP contribution >= 0.6 is 0 Å². The summed E-state index contributed by atoms with van der Waals surface area (Å²) in [5.41, 5.74) is -1.12. The average molecular weight is 242 g/mol. The van der Waals surface area contributed by atoms with Crippen molar-refractivity contribution in [1.82, 2.24) is 0 Å². The van der Waals surface area contributed by atoms with Gasteiger partial charge in [0.05, 0.1) is 0 Å². The minimum Gasteiger partial charge on any atom is -0.480 e. The van der Waals surface area contributed by atoms with Crippen LogP contribution in [0.4, 0.5) is 0 Å². The number of carbonyl (C=O) groups is 2. The van der Waals surface area contributed by atoms with E-state index in [2.05, 4.69) is 13.8 Å². The Morgan fingerprint density at radius 2 is 1.35 bits per heavy atom. The van der Waals surface area contributed by atoms with E-state index in [0.29, 0.717) is 12.8 Å². The third-order valence-corrected chi connectivity index (χ3v) is 3.50. The molecule has 0 amide bonds. The highest BCUT2D eigenvalue weighted by Gasteiger charge is 2.41. The van der Waals surface area contributed by atoms with E-state index in [-0.39, 0.29) is 5.78 Å². The third kappa shape index (κ3) is 4.88. The molecule has 0 heterocycles. The summed E-state index contributed by atoms with van der Waals surface area (Å²) in [6.45, 7) is 5.58. The smallest absolute Gasteiger partial charge is 0.317 e. The molecule has 3 heteroatoms. The van der Waals surface area contributed by atoms with Gasteiger partial charge < -0.3 is 5.11 Å². The largest absolute Gasteiger partial charge is 0.480 e. The molecular weight excluding hydrogens is 216 g/mol. The third-order valence-electron chi connectivity index (χ3n) is 3.50. The lowest BCUT2D eigenvalue weighted by atomic mass is 9.75. The van der Waals surface area contributed by atoms with Gasteiger partial charge in [0.2, 0.25) is 0 Å². The zero-order valence-electron chi connectivity index (χ0n) is 11.4. The molecule has 0 aromatic rings. The Labute approximate surface area is 105 Å². The van der Waals surface area contributed by atoms with Crippen LogP contribution in [-0.2, 0) is 9.59 Å². The Balaban J connectivity index is 4.62. The summed E-state index contributed by atoms with van der Waals surface area (Å²) >= 11 is 0. The molecule has 0 rings (SSSR count). The van der Waals surface area contributed by atoms with Crippen molar-refractivity contribution in [2.24, 2.45) is 5.41 Å². The lowest BCUT2D eigenvalue weighted by Gasteiger charge is -2.26. The van der Waals surface area contributed by atoms with E-state index in [1.54, 1.807) is 0 Å². The molecule has 17 heavy (non-hydrogen) atoms. The molecule has 0 atom stereocenters. The number of hydrogen-bond donors (Lipinski definition) is 1. The van der Waals surface area contributed by atoms with Crippen LogP contribution in [0.2, 0.25) is 0 Å². The minimum atomic E-state index is -1.12. The van der Waals surface area contributed by atoms with Crippen LogP contribution in [-0.4, -0.2) is 16.9 Å². The summed E-state index contributed by atoms with van der Waals surface area (Å²) in [7, 11) is 0. The summed E-state index contributed by atoms with van der Waals surface area (Å²) in [5, 5.41) is 9.37. The molecule has 0 bridgehead atoms. The second kappa shape index (κ2) is 8.26. The zero-order valence-corrected chi connectivity index (χ0v) is 11.4. The molecule has 0 aromatic heterocycles. The molecule has 0 unspecified atom stereocenters. The lowest BCUT2D eigenvalue weighted by molar-refractivity contribution is -0.155. The minimum absolute atomic E-state index is 0.183. The van der Waals surface area contributed by atoms with Gasteiger partial charge in [-0.25, -0.2) is 0 Å². The maximum Gasteiger partial charge on any atom is 0.317 e. The highest BCUT2D eigenvalue weighted by molar-refractivity contribution is 6.01. The van der Waals surface area contributed by atoms with E-state index < -0.39 is 11.4 Å². The van der Waals surface area contributed by atoms with Crippen molar-refractivity contribution in [3.05, 3.63) is 0 Å². The second-order valence-electron chi connectivity index (χ2n) is 4.86. The van der Waals surface area contributed by atoms with E-state index in [0.717, 1.165) is 38.5 Å². The summed E-state index contributed by atoms with van der Waals surface area (Å²) in [6, 6.07) is 0. The van der Waals surface area contributed by atoms with Crippen LogP contribution in [0.25, 0.3) is 0 Å². The summed E-state index contributed by atoms with van der Waals surface area (Å²) < 4.78 is 0. The maximum absolute atomic E-state index is 11.7. The van der Waals surface area contributed by atoms with Crippen LogP contribution in [0.1, 0.15) is 72.1 Å². The van der Waals surface area contributed by atoms with E-state index in [1.807, 2.05) is 0 Å². The summed E-state index contributed by atoms with van der Waals surface area (Å²) in [5.74, 6) is -1.12. The number of ketones is 1. The zero-order chi connectivity index (χ0) is 13.3. The molecule has 100 valence electrons. The van der Waals surface area contributed by atoms with Gasteiger partial charge in [0.25, 0.3) is 0 Å². The van der Waals surface area contributed by atoms with Crippen LogP contribution in [0.3, 0.4) is 0 Å². The fraction of sp³-hybridized carbons (Fsp3) is 0.857. The summed E-state index contributed by atoms with van der Waals surface area (Å²) in [4.78, 5) is 23.1. The Kier molecular flexibility index (Phi) is 7.85. The Morgan fingerprint density at radius 1 is 0.941 bits per heavy atom. The first-order valence-corrected chi connectivity index (χ1v) is 6.75. The van der Waals surface area contributed by atoms with Crippen LogP contribution < -0.4 is 0 Å². The molecular formula is C14H26O3. The first kappa shape index (κ1) is 16.1. The highest BCUT2D eigenvalue weighted by Crippen LogP contribution is 2.33. The van der Waals surface area contributed by atoms with Crippen LogP contribution in [0, 0.1) is 5.41 Å². The average Bonchev–Trinajstić information content (AvgIpc) is 2.26. The van der Waals surface area contributed by atoms with Crippen molar-refractivity contribution >= 4 is 11.8 Å². The van der Waals surface area contributed by atoms with E-state index >= 15 is 0 Å². The molecule has 0 radical (unpaired) electrons. The standard InChI is InChI=1S/C14H26O3/c1-4-6-8-10-14(12(3)15,13(16)17)11-9-7-5-2/h4-11H2,1-3H3,(H,16,17). The van der Waals surface area contributed by atoms with Gasteiger partial charge in [0.1, 0.15) is 11.2 Å². The Hall–Kier alpha value is -0.860. The summed E-state index contributed by atoms with van der Waals surface area (Å²) in [6.07, 6.45) is 6.73. The van der Waals surface area contributed by atoms with Gasteiger partial charge in [0, 0.05) is 0 Å². The fourth-order valence-corrected chi connectivity index (χ4v) is 2.20. The van der Waals surface area contributed by atoms with E-state index in [4.69, 9.17) is 0 Å². The maximum atomic E-state index is 11.7. The highest BCUT2D eigenvalue weighted by atomic mass is 16.4. The SMILES string of the molecule is CCCCCC(CCCCC)(C(C)=O)C(=O)O. The number of hydrogen-bond acceptors (Lipinski definition) is 2. The molecule has 1 N–H and O–H groups in total. The molecule has 0 spiro atoms. The number of unbranched alkanes of at least 4 members (excludes halogenated alkanes) is 4. The molecule has 0 aromatic carbocycles. The van der Waals surface area contributed by atoms with Gasteiger partial charge in [-0.3, -0.25) is 9.59 Å². The first-order chi connectivity index (χ1) is 8.01. The number of Topliss-reactive ketones (excluding diaryl/α,β-unsaturated/α-hetero) is 1. The van der Waals surface area contributed by atoms with Crippen LogP contribution in [0.5, 0.6) is 0 Å². The van der Waals surface area contributed by atoms with Gasteiger partial charge in [-0.15, -0.1) is 0 Å². The van der Waals surface area contributed by atoms with Gasteiger partial charge in [-0.05, 0) is 19.8 Å².